The molecule has 0 bridgehead atoms. The number of nitrogens with one attached hydrogen (secondary N) is 1. The number of esters is 1. The van der Waals surface area contributed by atoms with E-state index in [0.29, 0.717) is 32.5 Å². The first-order valence-electron chi connectivity index (χ1n) is 5.53. The Balaban J connectivity index is 2.18. The molecular formula is C10H18N4O3. The summed E-state index contributed by atoms with van der Waals surface area (Å²) in [6.07, 6.45) is 2.83. The third-order valence-electron chi connectivity index (χ3n) is 2.17. The van der Waals surface area contributed by atoms with Crippen LogP contribution in [0, 0.1) is 0 Å². The Morgan fingerprint density at radius 3 is 3.18 bits per heavy atom. The van der Waals surface area contributed by atoms with Crippen LogP contribution in [0.25, 0.3) is 0 Å². The van der Waals surface area contributed by atoms with Crippen LogP contribution in [0.2, 0.25) is 0 Å². The molecule has 0 aliphatic rings. The van der Waals surface area contributed by atoms with Crippen LogP contribution in [0.15, 0.2) is 6.20 Å². The molecule has 2 N–H and O–H groups in total. The predicted molar refractivity (Wildman–Crippen MR) is 60.1 cm³/mol. The van der Waals surface area contributed by atoms with E-state index in [1.54, 1.807) is 4.68 Å². The van der Waals surface area contributed by atoms with Crippen molar-refractivity contribution in [1.82, 2.24) is 20.3 Å². The summed E-state index contributed by atoms with van der Waals surface area (Å²) in [6.45, 7) is 1.92. The first-order chi connectivity index (χ1) is 8.26. The van der Waals surface area contributed by atoms with Crippen LogP contribution in [0.1, 0.15) is 18.5 Å². The molecule has 17 heavy (non-hydrogen) atoms. The molecule has 96 valence electrons. The van der Waals surface area contributed by atoms with Crippen molar-refractivity contribution in [3.8, 4) is 0 Å². The molecule has 1 heterocycles. The Labute approximate surface area is 99.8 Å². The van der Waals surface area contributed by atoms with E-state index in [-0.39, 0.29) is 12.6 Å². The molecule has 1 rings (SSSR count). The highest BCUT2D eigenvalue weighted by molar-refractivity contribution is 5.69. The number of hydrogen-bond donors (Lipinski definition) is 2. The minimum atomic E-state index is -0.232. The zero-order valence-electron chi connectivity index (χ0n) is 9.93. The van der Waals surface area contributed by atoms with Crippen LogP contribution in [-0.2, 0) is 22.6 Å². The summed E-state index contributed by atoms with van der Waals surface area (Å²) >= 11 is 0. The van der Waals surface area contributed by atoms with Crippen LogP contribution in [0.3, 0.4) is 0 Å². The maximum absolute atomic E-state index is 10.8. The maximum atomic E-state index is 10.8. The normalized spacial score (nSPS) is 10.5. The van der Waals surface area contributed by atoms with Crippen molar-refractivity contribution in [1.29, 1.82) is 0 Å². The Kier molecular flexibility index (Phi) is 6.19. The first kappa shape index (κ1) is 13.6. The molecule has 0 unspecified atom stereocenters. The van der Waals surface area contributed by atoms with Gasteiger partial charge in [0.2, 0.25) is 0 Å². The number of carbonyl (C=O) groups is 1. The smallest absolute Gasteiger partial charge is 0.306 e. The Morgan fingerprint density at radius 2 is 2.47 bits per heavy atom. The van der Waals surface area contributed by atoms with Crippen LogP contribution >= 0.6 is 0 Å². The fourth-order valence-electron chi connectivity index (χ4n) is 1.27. The molecule has 0 aliphatic heterocycles. The van der Waals surface area contributed by atoms with Crippen molar-refractivity contribution in [3.63, 3.8) is 0 Å². The maximum Gasteiger partial charge on any atom is 0.306 e. The summed E-state index contributed by atoms with van der Waals surface area (Å²) < 4.78 is 6.20. The molecule has 0 radical (unpaired) electrons. The van der Waals surface area contributed by atoms with Gasteiger partial charge in [-0.05, 0) is 6.42 Å². The van der Waals surface area contributed by atoms with E-state index in [1.807, 2.05) is 6.20 Å². The highest BCUT2D eigenvalue weighted by Gasteiger charge is 2.02. The lowest BCUT2D eigenvalue weighted by Gasteiger charge is -2.00. The molecule has 0 spiro atoms. The molecule has 0 aliphatic carbocycles. The van der Waals surface area contributed by atoms with Gasteiger partial charge in [0, 0.05) is 32.4 Å². The van der Waals surface area contributed by atoms with Crippen molar-refractivity contribution in [3.05, 3.63) is 11.9 Å². The monoisotopic (exact) mass is 242 g/mol. The van der Waals surface area contributed by atoms with Gasteiger partial charge in [-0.25, -0.2) is 0 Å². The zero-order chi connectivity index (χ0) is 12.5. The molecule has 0 saturated carbocycles. The van der Waals surface area contributed by atoms with Crippen molar-refractivity contribution in [2.45, 2.75) is 25.9 Å². The standard InChI is InChI=1S/C10H18N4O3/c1-17-10(16)3-4-11-7-9-8-14(13-12-9)5-2-6-15/h8,11,15H,2-7H2,1H3. The second kappa shape index (κ2) is 7.75. The fourth-order valence-corrected chi connectivity index (χ4v) is 1.27. The largest absolute Gasteiger partial charge is 0.469 e. The van der Waals surface area contributed by atoms with Gasteiger partial charge in [-0.1, -0.05) is 5.21 Å². The van der Waals surface area contributed by atoms with Gasteiger partial charge in [-0.2, -0.15) is 0 Å². The molecule has 0 fully saturated rings. The molecule has 7 heteroatoms. The number of nitrogens with zero attached hydrogens (tertiary/aromatic N) is 3. The van der Waals surface area contributed by atoms with Gasteiger partial charge in [-0.3, -0.25) is 9.48 Å². The summed E-state index contributed by atoms with van der Waals surface area (Å²) in [4.78, 5) is 10.8. The lowest BCUT2D eigenvalue weighted by atomic mass is 10.4. The van der Waals surface area contributed by atoms with Crippen LogP contribution in [0.4, 0.5) is 0 Å². The van der Waals surface area contributed by atoms with Crippen molar-refractivity contribution in [2.75, 3.05) is 20.3 Å². The quantitative estimate of drug-likeness (QED) is 0.463. The molecule has 1 aromatic rings. The van der Waals surface area contributed by atoms with Gasteiger partial charge in [0.15, 0.2) is 0 Å². The van der Waals surface area contributed by atoms with Gasteiger partial charge in [0.05, 0.1) is 19.2 Å². The summed E-state index contributed by atoms with van der Waals surface area (Å²) in [5, 5.41) is 19.6. The lowest BCUT2D eigenvalue weighted by molar-refractivity contribution is -0.140. The Hall–Kier alpha value is -1.47. The zero-order valence-corrected chi connectivity index (χ0v) is 9.93. The van der Waals surface area contributed by atoms with Crippen LogP contribution < -0.4 is 5.32 Å². The average molecular weight is 242 g/mol. The van der Waals surface area contributed by atoms with E-state index in [9.17, 15) is 4.79 Å². The highest BCUT2D eigenvalue weighted by Crippen LogP contribution is 1.94. The number of carbonyl (C=O) groups excluding carboxylic acids is 1. The molecule has 0 saturated heterocycles. The molecular weight excluding hydrogens is 224 g/mol. The fraction of sp³-hybridized carbons (Fsp3) is 0.700. The molecule has 7 nitrogen and oxygen atoms in total. The number of ether oxygens (including phenoxy) is 1. The summed E-state index contributed by atoms with van der Waals surface area (Å²) in [7, 11) is 1.37. The molecule has 0 amide bonds. The van der Waals surface area contributed by atoms with E-state index >= 15 is 0 Å². The van der Waals surface area contributed by atoms with Crippen LogP contribution in [-0.4, -0.2) is 46.3 Å². The van der Waals surface area contributed by atoms with Gasteiger partial charge >= 0.3 is 5.97 Å². The predicted octanol–water partition coefficient (Wildman–Crippen LogP) is -0.687. The Bertz CT molecular complexity index is 340. The highest BCUT2D eigenvalue weighted by atomic mass is 16.5. The lowest BCUT2D eigenvalue weighted by Crippen LogP contribution is -2.18. The SMILES string of the molecule is COC(=O)CCNCc1cn(CCCO)nn1. The van der Waals surface area contributed by atoms with Gasteiger partial charge in [0.1, 0.15) is 0 Å². The minimum Gasteiger partial charge on any atom is -0.469 e. The molecule has 0 atom stereocenters. The van der Waals surface area contributed by atoms with Crippen molar-refractivity contribution >= 4 is 5.97 Å². The number of aliphatic hydroxyl groups excluding tert-OH is 1. The van der Waals surface area contributed by atoms with Crippen LogP contribution in [0.5, 0.6) is 0 Å². The van der Waals surface area contributed by atoms with E-state index in [2.05, 4.69) is 20.4 Å². The summed E-state index contributed by atoms with van der Waals surface area (Å²) in [5.74, 6) is -0.232. The van der Waals surface area contributed by atoms with E-state index in [4.69, 9.17) is 5.11 Å². The van der Waals surface area contributed by atoms with E-state index in [0.717, 1.165) is 5.69 Å². The van der Waals surface area contributed by atoms with E-state index < -0.39 is 0 Å². The average Bonchev–Trinajstić information content (AvgIpc) is 2.79. The molecule has 1 aromatic heterocycles. The van der Waals surface area contributed by atoms with Crippen molar-refractivity contribution < 1.29 is 14.6 Å². The van der Waals surface area contributed by atoms with Gasteiger partial charge < -0.3 is 15.2 Å². The number of aromatic nitrogens is 3. The third kappa shape index (κ3) is 5.41. The van der Waals surface area contributed by atoms with Crippen molar-refractivity contribution in [2.24, 2.45) is 0 Å². The molecule has 0 aromatic carbocycles. The second-order valence-electron chi connectivity index (χ2n) is 3.55. The third-order valence-corrected chi connectivity index (χ3v) is 2.17. The first-order valence-corrected chi connectivity index (χ1v) is 5.53. The number of hydrogen-bond acceptors (Lipinski definition) is 6. The van der Waals surface area contributed by atoms with Gasteiger partial charge in [-0.15, -0.1) is 5.10 Å². The number of aliphatic hydroxyl groups is 1. The number of methoxy groups -OCH3 is 1. The van der Waals surface area contributed by atoms with E-state index in [1.165, 1.54) is 7.11 Å². The Morgan fingerprint density at radius 1 is 1.65 bits per heavy atom. The summed E-state index contributed by atoms with van der Waals surface area (Å²) in [5.41, 5.74) is 0.813. The van der Waals surface area contributed by atoms with Gasteiger partial charge in [0.25, 0.3) is 0 Å². The number of aryl methyl sites for hydroxylation is 1. The minimum absolute atomic E-state index is 0.145. The topological polar surface area (TPSA) is 89.3 Å². The second-order valence-corrected chi connectivity index (χ2v) is 3.55. The number of rotatable bonds is 8. The summed E-state index contributed by atoms with van der Waals surface area (Å²) in [6, 6.07) is 0.